The summed E-state index contributed by atoms with van der Waals surface area (Å²) in [4.78, 5) is 132. The van der Waals surface area contributed by atoms with E-state index in [0.29, 0.717) is 0 Å². The Hall–Kier alpha value is -3.38. The number of rotatable bonds is 15. The second-order valence-corrected chi connectivity index (χ2v) is 16.1. The first-order chi connectivity index (χ1) is 23.4. The highest BCUT2D eigenvalue weighted by Crippen LogP contribution is 2.55. The second kappa shape index (κ2) is 20.3. The van der Waals surface area contributed by atoms with Gasteiger partial charge in [0.2, 0.25) is 5.91 Å². The van der Waals surface area contributed by atoms with Gasteiger partial charge in [0.1, 0.15) is 19.6 Å². The van der Waals surface area contributed by atoms with E-state index in [1.165, 1.54) is 17.9 Å². The molecule has 0 saturated carbocycles. The smallest absolute Gasteiger partial charge is 0.347 e. The Morgan fingerprint density at radius 3 is 1.29 bits per heavy atom. The van der Waals surface area contributed by atoms with Crippen LogP contribution in [0.2, 0.25) is 0 Å². The number of carbonyl (C=O) groups excluding carboxylic acids is 10. The second-order valence-electron chi connectivity index (χ2n) is 10.3. The number of nitrogens with zero attached hydrogens (tertiary/aromatic N) is 4. The maximum atomic E-state index is 12.2. The minimum absolute atomic E-state index is 0.0508. The lowest BCUT2D eigenvalue weighted by Gasteiger charge is -2.22. The highest BCUT2D eigenvalue weighted by Gasteiger charge is 2.37. The highest BCUT2D eigenvalue weighted by molar-refractivity contribution is 8.92. The molecule has 5 aliphatic heterocycles. The Labute approximate surface area is 295 Å². The van der Waals surface area contributed by atoms with Gasteiger partial charge in [-0.1, -0.05) is 43.2 Å². The molecule has 23 heteroatoms. The van der Waals surface area contributed by atoms with Crippen LogP contribution in [-0.2, 0) is 62.5 Å². The van der Waals surface area contributed by atoms with E-state index in [1.807, 2.05) is 43.2 Å². The van der Waals surface area contributed by atoms with Gasteiger partial charge in [-0.25, -0.2) is 14.4 Å². The topological polar surface area (TPSA) is 249 Å². The molecular formula is C26H34N6O13S4. The van der Waals surface area contributed by atoms with Gasteiger partial charge in [0.15, 0.2) is 0 Å². The Balaban J connectivity index is 0.000000356. The van der Waals surface area contributed by atoms with Gasteiger partial charge in [-0.05, 0) is 19.3 Å². The lowest BCUT2D eigenvalue weighted by Crippen LogP contribution is -2.45. The van der Waals surface area contributed by atoms with Gasteiger partial charge in [-0.15, -0.1) is 15.2 Å². The van der Waals surface area contributed by atoms with Crippen LogP contribution in [0, 0.1) is 0 Å². The molecule has 0 spiro atoms. The molecular weight excluding hydrogens is 733 g/mol. The lowest BCUT2D eigenvalue weighted by molar-refractivity contribution is -0.204. The summed E-state index contributed by atoms with van der Waals surface area (Å²) in [5.74, 6) is -8.28. The van der Waals surface area contributed by atoms with Crippen LogP contribution in [-0.4, -0.2) is 122 Å². The van der Waals surface area contributed by atoms with Gasteiger partial charge >= 0.3 is 17.9 Å². The molecule has 5 saturated heterocycles. The Morgan fingerprint density at radius 1 is 0.653 bits per heavy atom. The molecule has 0 unspecified atom stereocenters. The largest absolute Gasteiger partial charge is 0.355 e. The Bertz CT molecular complexity index is 1160. The summed E-state index contributed by atoms with van der Waals surface area (Å²) in [5.41, 5.74) is 5.13. The van der Waals surface area contributed by atoms with E-state index in [1.54, 1.807) is 0 Å². The van der Waals surface area contributed by atoms with Crippen LogP contribution in [0.1, 0.15) is 57.8 Å². The zero-order valence-electron chi connectivity index (χ0n) is 26.0. The number of imide groups is 3. The van der Waals surface area contributed by atoms with E-state index >= 15 is 0 Å². The first-order valence-electron chi connectivity index (χ1n) is 14.8. The van der Waals surface area contributed by atoms with Crippen molar-refractivity contribution < 1.29 is 62.5 Å². The molecule has 0 aromatic heterocycles. The van der Waals surface area contributed by atoms with Crippen molar-refractivity contribution in [3.63, 3.8) is 0 Å². The summed E-state index contributed by atoms with van der Waals surface area (Å²) in [6, 6.07) is 0. The summed E-state index contributed by atoms with van der Waals surface area (Å²) in [6.07, 6.45) is 2.57. The Kier molecular flexibility index (Phi) is 16.6. The van der Waals surface area contributed by atoms with Crippen molar-refractivity contribution in [2.75, 3.05) is 37.8 Å². The number of hydroxylamine groups is 6. The zero-order chi connectivity index (χ0) is 35.9. The van der Waals surface area contributed by atoms with Crippen molar-refractivity contribution in [3.05, 3.63) is 0 Å². The molecule has 3 N–H and O–H groups in total. The molecule has 0 radical (unpaired) electrons. The summed E-state index contributed by atoms with van der Waals surface area (Å²) in [6.45, 7) is -1.69. The van der Waals surface area contributed by atoms with Crippen LogP contribution >= 0.6 is 43.2 Å². The zero-order valence-corrected chi connectivity index (χ0v) is 29.3. The molecule has 7 amide bonds. The van der Waals surface area contributed by atoms with Gasteiger partial charge in [0, 0.05) is 45.1 Å². The number of hydrogen-bond donors (Lipinski definition) is 2. The van der Waals surface area contributed by atoms with Crippen LogP contribution in [0.5, 0.6) is 0 Å². The van der Waals surface area contributed by atoms with Crippen molar-refractivity contribution in [1.82, 2.24) is 25.4 Å². The molecule has 49 heavy (non-hydrogen) atoms. The van der Waals surface area contributed by atoms with Gasteiger partial charge in [0.05, 0.1) is 16.2 Å². The van der Waals surface area contributed by atoms with Crippen molar-refractivity contribution in [3.8, 4) is 0 Å². The predicted octanol–water partition coefficient (Wildman–Crippen LogP) is -0.598. The molecule has 19 nitrogen and oxygen atoms in total. The maximum Gasteiger partial charge on any atom is 0.347 e. The summed E-state index contributed by atoms with van der Waals surface area (Å²) < 4.78 is 0.843. The third-order valence-electron chi connectivity index (χ3n) is 6.38. The van der Waals surface area contributed by atoms with Crippen LogP contribution < -0.4 is 11.1 Å². The monoisotopic (exact) mass is 766 g/mol. The summed E-state index contributed by atoms with van der Waals surface area (Å²) in [7, 11) is 7.73. The number of hydrogen-bond acceptors (Lipinski definition) is 19. The minimum atomic E-state index is -1.22. The normalized spacial score (nSPS) is 18.2. The van der Waals surface area contributed by atoms with Crippen LogP contribution in [0.4, 0.5) is 0 Å². The third-order valence-corrected chi connectivity index (χ3v) is 9.65. The van der Waals surface area contributed by atoms with Crippen LogP contribution in [0.15, 0.2) is 0 Å². The van der Waals surface area contributed by atoms with Crippen molar-refractivity contribution in [2.24, 2.45) is 5.73 Å². The van der Waals surface area contributed by atoms with E-state index in [0.717, 1.165) is 22.4 Å². The third kappa shape index (κ3) is 15.0. The fraction of sp³-hybridized carbons (Fsp3) is 0.615. The number of nitrogens with two attached hydrogens (primary N) is 1. The summed E-state index contributed by atoms with van der Waals surface area (Å²) >= 11 is 0. The van der Waals surface area contributed by atoms with Crippen molar-refractivity contribution in [1.29, 1.82) is 0 Å². The molecule has 5 rings (SSSR count). The molecule has 5 heterocycles. The predicted molar refractivity (Wildman–Crippen MR) is 173 cm³/mol. The van der Waals surface area contributed by atoms with Crippen molar-refractivity contribution >= 4 is 102 Å². The molecule has 0 aromatic rings. The van der Waals surface area contributed by atoms with E-state index in [2.05, 4.69) is 19.8 Å². The van der Waals surface area contributed by atoms with Gasteiger partial charge in [-0.2, -0.15) is 0 Å². The molecule has 0 bridgehead atoms. The highest BCUT2D eigenvalue weighted by atomic mass is 33.2. The van der Waals surface area contributed by atoms with E-state index in [-0.39, 0.29) is 66.2 Å². The van der Waals surface area contributed by atoms with Gasteiger partial charge < -0.3 is 25.6 Å². The molecule has 270 valence electrons. The molecule has 0 aromatic carbocycles. The quantitative estimate of drug-likeness (QED) is 0.0914. The standard InChI is InChI=1S/C18H18N4O12.C7H14N2OS2.CH2S2/c23-10-1-2-11(24)20(10)32-16(29)7-19(8-17(30)33-21-12(25)3-4-13(21)26)9-18(31)34-22-14(27)5-6-15(22)28;8-5-6(10)9-4-2-1-3-7-11-12-7;1-2-3-1/h1-9H2;7H,1-5,8H2,(H,9,10);1H2. The van der Waals surface area contributed by atoms with Gasteiger partial charge in [0.25, 0.3) is 35.4 Å². The number of unbranched alkanes of at least 4 members (excludes halogenated alkanes) is 1. The lowest BCUT2D eigenvalue weighted by atomic mass is 10.2. The molecule has 5 aliphatic rings. The molecule has 5 fully saturated rings. The SMILES string of the molecule is C1SS1.NCC(=O)NCCCCC1SS1.O=C(CN(CC(=O)ON1C(=O)CCC1=O)CC(=O)ON1C(=O)CCC1=O)ON1C(=O)CCC1=O. The van der Waals surface area contributed by atoms with Gasteiger partial charge in [-0.3, -0.25) is 38.5 Å². The molecule has 0 atom stereocenters. The first-order valence-corrected chi connectivity index (χ1v) is 19.6. The van der Waals surface area contributed by atoms with E-state index in [4.69, 9.17) is 5.73 Å². The number of carbonyl (C=O) groups is 10. The van der Waals surface area contributed by atoms with Crippen LogP contribution in [0.3, 0.4) is 0 Å². The minimum Gasteiger partial charge on any atom is -0.355 e. The van der Waals surface area contributed by atoms with E-state index in [9.17, 15) is 47.9 Å². The first kappa shape index (κ1) is 40.1. The number of nitrogens with one attached hydrogen (secondary N) is 1. The fourth-order valence-corrected chi connectivity index (χ4v) is 5.37. The fourth-order valence-electron chi connectivity index (χ4n) is 3.95. The number of amides is 7. The molecule has 0 aliphatic carbocycles. The average molecular weight is 767 g/mol. The Morgan fingerprint density at radius 2 is 1.00 bits per heavy atom. The van der Waals surface area contributed by atoms with Crippen LogP contribution in [0.25, 0.3) is 0 Å². The van der Waals surface area contributed by atoms with E-state index < -0.39 is 73.0 Å². The maximum absolute atomic E-state index is 12.2. The van der Waals surface area contributed by atoms with Crippen molar-refractivity contribution in [2.45, 2.75) is 62.4 Å². The summed E-state index contributed by atoms with van der Waals surface area (Å²) in [5, 5.41) is 4.83. The average Bonchev–Trinajstić information content (AvgIpc) is 4.00.